The van der Waals surface area contributed by atoms with Gasteiger partial charge in [-0.3, -0.25) is 4.79 Å². The number of aromatic amines is 1. The summed E-state index contributed by atoms with van der Waals surface area (Å²) in [6, 6.07) is 0. The Balaban J connectivity index is 2.20. The minimum atomic E-state index is -0.242. The maximum absolute atomic E-state index is 10.9. The van der Waals surface area contributed by atoms with Crippen molar-refractivity contribution in [3.63, 3.8) is 0 Å². The van der Waals surface area contributed by atoms with Gasteiger partial charge < -0.3 is 10.3 Å². The number of aromatic nitrogens is 2. The Bertz CT molecular complexity index is 318. The second-order valence-corrected chi connectivity index (χ2v) is 2.42. The Kier molecular flexibility index (Phi) is 3.58. The van der Waals surface area contributed by atoms with Crippen LogP contribution in [-0.4, -0.2) is 22.4 Å². The highest BCUT2D eigenvalue weighted by molar-refractivity contribution is 5.93. The summed E-state index contributed by atoms with van der Waals surface area (Å²) in [6.07, 6.45) is 4.14. The highest BCUT2D eigenvalue weighted by Gasteiger charge is 1.96. The van der Waals surface area contributed by atoms with Crippen molar-refractivity contribution in [1.29, 1.82) is 0 Å². The summed E-state index contributed by atoms with van der Waals surface area (Å²) in [5, 5.41) is 2.65. The van der Waals surface area contributed by atoms with E-state index in [0.29, 0.717) is 13.0 Å². The van der Waals surface area contributed by atoms with Crippen molar-refractivity contribution in [3.8, 4) is 11.8 Å². The third-order valence-corrected chi connectivity index (χ3v) is 1.44. The number of hydrogen-bond donors (Lipinski definition) is 2. The quantitative estimate of drug-likeness (QED) is 0.643. The van der Waals surface area contributed by atoms with E-state index in [1.807, 2.05) is 0 Å². The molecule has 0 aliphatic rings. The molecular weight excluding hydrogens is 166 g/mol. The second-order valence-electron chi connectivity index (χ2n) is 2.42. The number of nitrogens with one attached hydrogen (secondary N) is 2. The Morgan fingerprint density at radius 3 is 3.23 bits per heavy atom. The number of imidazole rings is 1. The van der Waals surface area contributed by atoms with Crippen LogP contribution >= 0.6 is 0 Å². The molecule has 0 atom stereocenters. The molecule has 1 aromatic rings. The van der Waals surface area contributed by atoms with Gasteiger partial charge in [0, 0.05) is 25.4 Å². The van der Waals surface area contributed by atoms with Crippen LogP contribution in [0.25, 0.3) is 0 Å². The molecule has 0 aliphatic heterocycles. The summed E-state index contributed by atoms with van der Waals surface area (Å²) in [5.41, 5.74) is 0. The van der Waals surface area contributed by atoms with Crippen LogP contribution < -0.4 is 5.32 Å². The fourth-order valence-electron chi connectivity index (χ4n) is 0.887. The summed E-state index contributed by atoms with van der Waals surface area (Å²) < 4.78 is 0. The van der Waals surface area contributed by atoms with Crippen LogP contribution in [0.1, 0.15) is 12.7 Å². The second kappa shape index (κ2) is 4.99. The molecule has 0 saturated heterocycles. The molecule has 1 rings (SSSR count). The third-order valence-electron chi connectivity index (χ3n) is 1.44. The molecule has 0 aliphatic carbocycles. The van der Waals surface area contributed by atoms with Crippen LogP contribution in [-0.2, 0) is 11.2 Å². The average molecular weight is 177 g/mol. The number of carbonyl (C=O) groups excluding carboxylic acids is 1. The first-order valence-corrected chi connectivity index (χ1v) is 4.02. The van der Waals surface area contributed by atoms with Gasteiger partial charge in [0.25, 0.3) is 5.91 Å². The zero-order valence-electron chi connectivity index (χ0n) is 7.42. The van der Waals surface area contributed by atoms with Gasteiger partial charge in [-0.05, 0) is 12.8 Å². The van der Waals surface area contributed by atoms with Crippen LogP contribution in [0.3, 0.4) is 0 Å². The number of rotatable bonds is 3. The monoisotopic (exact) mass is 177 g/mol. The van der Waals surface area contributed by atoms with Crippen molar-refractivity contribution in [2.24, 2.45) is 0 Å². The van der Waals surface area contributed by atoms with E-state index in [9.17, 15) is 4.79 Å². The molecule has 0 spiro atoms. The number of hydrogen-bond acceptors (Lipinski definition) is 2. The van der Waals surface area contributed by atoms with E-state index in [1.165, 1.54) is 0 Å². The smallest absolute Gasteiger partial charge is 0.295 e. The number of carbonyl (C=O) groups is 1. The van der Waals surface area contributed by atoms with Crippen molar-refractivity contribution >= 4 is 5.91 Å². The lowest BCUT2D eigenvalue weighted by Crippen LogP contribution is -2.24. The zero-order chi connectivity index (χ0) is 9.52. The van der Waals surface area contributed by atoms with Crippen LogP contribution in [0, 0.1) is 11.8 Å². The maximum atomic E-state index is 10.9. The van der Waals surface area contributed by atoms with Gasteiger partial charge in [-0.1, -0.05) is 5.92 Å². The first kappa shape index (κ1) is 9.33. The van der Waals surface area contributed by atoms with Gasteiger partial charge in [0.15, 0.2) is 0 Å². The lowest BCUT2D eigenvalue weighted by Gasteiger charge is -1.97. The molecule has 1 aromatic heterocycles. The average Bonchev–Trinajstić information content (AvgIpc) is 2.57. The molecule has 1 heterocycles. The van der Waals surface area contributed by atoms with E-state index in [2.05, 4.69) is 27.1 Å². The zero-order valence-corrected chi connectivity index (χ0v) is 7.42. The van der Waals surface area contributed by atoms with Crippen LogP contribution in [0.15, 0.2) is 12.4 Å². The van der Waals surface area contributed by atoms with Gasteiger partial charge in [-0.15, -0.1) is 0 Å². The van der Waals surface area contributed by atoms with Gasteiger partial charge in [0.2, 0.25) is 0 Å². The molecule has 0 bridgehead atoms. The SMILES string of the molecule is CC#CC(=O)NCCc1ncc[nH]1. The molecule has 2 N–H and O–H groups in total. The highest BCUT2D eigenvalue weighted by Crippen LogP contribution is 1.87. The predicted molar refractivity (Wildman–Crippen MR) is 48.8 cm³/mol. The van der Waals surface area contributed by atoms with E-state index in [4.69, 9.17) is 0 Å². The fourth-order valence-corrected chi connectivity index (χ4v) is 0.887. The van der Waals surface area contributed by atoms with E-state index in [1.54, 1.807) is 19.3 Å². The van der Waals surface area contributed by atoms with Gasteiger partial charge in [0.1, 0.15) is 5.82 Å². The minimum Gasteiger partial charge on any atom is -0.349 e. The highest BCUT2D eigenvalue weighted by atomic mass is 16.1. The summed E-state index contributed by atoms with van der Waals surface area (Å²) in [6.45, 7) is 2.19. The van der Waals surface area contributed by atoms with Crippen molar-refractivity contribution < 1.29 is 4.79 Å². The van der Waals surface area contributed by atoms with Gasteiger partial charge in [0.05, 0.1) is 0 Å². The predicted octanol–water partition coefficient (Wildman–Crippen LogP) is 0.0917. The van der Waals surface area contributed by atoms with Gasteiger partial charge >= 0.3 is 0 Å². The fraction of sp³-hybridized carbons (Fsp3) is 0.333. The van der Waals surface area contributed by atoms with Crippen LogP contribution in [0.4, 0.5) is 0 Å². The maximum Gasteiger partial charge on any atom is 0.295 e. The molecule has 4 nitrogen and oxygen atoms in total. The topological polar surface area (TPSA) is 57.8 Å². The molecule has 0 saturated carbocycles. The van der Waals surface area contributed by atoms with Crippen molar-refractivity contribution in [3.05, 3.63) is 18.2 Å². The summed E-state index contributed by atoms with van der Waals surface area (Å²) in [4.78, 5) is 17.8. The van der Waals surface area contributed by atoms with E-state index >= 15 is 0 Å². The third kappa shape index (κ3) is 3.43. The molecule has 1 amide bonds. The number of H-pyrrole nitrogens is 1. The van der Waals surface area contributed by atoms with E-state index in [0.717, 1.165) is 5.82 Å². The van der Waals surface area contributed by atoms with Crippen molar-refractivity contribution in [2.45, 2.75) is 13.3 Å². The first-order chi connectivity index (χ1) is 6.33. The summed E-state index contributed by atoms with van der Waals surface area (Å²) in [7, 11) is 0. The summed E-state index contributed by atoms with van der Waals surface area (Å²) in [5.74, 6) is 5.54. The first-order valence-electron chi connectivity index (χ1n) is 4.02. The minimum absolute atomic E-state index is 0.242. The number of amides is 1. The van der Waals surface area contributed by atoms with Crippen LogP contribution in [0.2, 0.25) is 0 Å². The molecule has 0 fully saturated rings. The molecule has 13 heavy (non-hydrogen) atoms. The van der Waals surface area contributed by atoms with Gasteiger partial charge in [-0.25, -0.2) is 4.98 Å². The Morgan fingerprint density at radius 1 is 1.77 bits per heavy atom. The lowest BCUT2D eigenvalue weighted by molar-refractivity contribution is -0.115. The van der Waals surface area contributed by atoms with E-state index < -0.39 is 0 Å². The standard InChI is InChI=1S/C9H11N3O/c1-2-3-9(13)12-5-4-8-10-6-7-11-8/h6-7H,4-5H2,1H3,(H,10,11)(H,12,13). The Morgan fingerprint density at radius 2 is 2.62 bits per heavy atom. The molecule has 0 radical (unpaired) electrons. The van der Waals surface area contributed by atoms with E-state index in [-0.39, 0.29) is 5.91 Å². The largest absolute Gasteiger partial charge is 0.349 e. The normalized spacial score (nSPS) is 8.69. The molecule has 4 heteroatoms. The molecular formula is C9H11N3O. The summed E-state index contributed by atoms with van der Waals surface area (Å²) >= 11 is 0. The van der Waals surface area contributed by atoms with Crippen LogP contribution in [0.5, 0.6) is 0 Å². The van der Waals surface area contributed by atoms with Crippen molar-refractivity contribution in [2.75, 3.05) is 6.54 Å². The van der Waals surface area contributed by atoms with Crippen molar-refractivity contribution in [1.82, 2.24) is 15.3 Å². The number of nitrogens with zero attached hydrogens (tertiary/aromatic N) is 1. The Labute approximate surface area is 76.8 Å². The molecule has 0 aromatic carbocycles. The molecule has 0 unspecified atom stereocenters. The molecule has 68 valence electrons. The Hall–Kier alpha value is -1.76. The lowest BCUT2D eigenvalue weighted by atomic mass is 10.4. The van der Waals surface area contributed by atoms with Gasteiger partial charge in [-0.2, -0.15) is 0 Å².